The smallest absolute Gasteiger partial charge is 0.330 e. The zero-order valence-electron chi connectivity index (χ0n) is 22.3. The second-order valence-corrected chi connectivity index (χ2v) is 9.13. The molecule has 2 rings (SSSR count). The van der Waals surface area contributed by atoms with Crippen molar-refractivity contribution in [3.8, 4) is 11.5 Å². The summed E-state index contributed by atoms with van der Waals surface area (Å²) >= 11 is 0. The van der Waals surface area contributed by atoms with Crippen LogP contribution in [0, 0.1) is 11.8 Å². The lowest BCUT2D eigenvalue weighted by molar-refractivity contribution is -0.138. The van der Waals surface area contributed by atoms with Crippen LogP contribution in [0.15, 0.2) is 54.6 Å². The van der Waals surface area contributed by atoms with E-state index in [1.165, 1.54) is 12.2 Å². The van der Waals surface area contributed by atoms with Crippen LogP contribution >= 0.6 is 0 Å². The number of rotatable bonds is 12. The zero-order valence-corrected chi connectivity index (χ0v) is 22.3. The van der Waals surface area contributed by atoms with E-state index in [9.17, 15) is 9.59 Å². The Bertz CT molecular complexity index is 987. The highest BCUT2D eigenvalue weighted by Crippen LogP contribution is 2.21. The predicted octanol–water partition coefficient (Wildman–Crippen LogP) is 6.68. The van der Waals surface area contributed by atoms with Crippen LogP contribution in [-0.2, 0) is 20.7 Å². The quantitative estimate of drug-likeness (QED) is 0.261. The molecule has 0 saturated carbocycles. The third-order valence-electron chi connectivity index (χ3n) is 5.21. The molecular formula is C30H40O6. The summed E-state index contributed by atoms with van der Waals surface area (Å²) in [7, 11) is 3.26. The number of ether oxygens (including phenoxy) is 3. The number of carboxylic acids is 1. The Morgan fingerprint density at radius 1 is 0.833 bits per heavy atom. The van der Waals surface area contributed by atoms with Crippen LogP contribution in [0.1, 0.15) is 57.2 Å². The minimum Gasteiger partial charge on any atom is -0.497 e. The van der Waals surface area contributed by atoms with Crippen molar-refractivity contribution in [3.63, 3.8) is 0 Å². The zero-order chi connectivity index (χ0) is 26.9. The molecule has 196 valence electrons. The van der Waals surface area contributed by atoms with Crippen LogP contribution in [0.3, 0.4) is 0 Å². The molecule has 36 heavy (non-hydrogen) atoms. The summed E-state index contributed by atoms with van der Waals surface area (Å²) in [6.45, 7) is 9.02. The lowest BCUT2D eigenvalue weighted by Crippen LogP contribution is -2.04. The molecule has 0 amide bonds. The van der Waals surface area contributed by atoms with Crippen molar-refractivity contribution >= 4 is 24.1 Å². The first-order valence-electron chi connectivity index (χ1n) is 12.2. The second-order valence-electron chi connectivity index (χ2n) is 9.13. The molecule has 1 N–H and O–H groups in total. The van der Waals surface area contributed by atoms with Crippen molar-refractivity contribution in [2.75, 3.05) is 20.8 Å². The number of aryl methyl sites for hydroxylation is 1. The van der Waals surface area contributed by atoms with Crippen molar-refractivity contribution in [3.05, 3.63) is 71.3 Å². The molecule has 0 spiro atoms. The first-order chi connectivity index (χ1) is 17.1. The van der Waals surface area contributed by atoms with E-state index in [0.717, 1.165) is 47.5 Å². The molecular weight excluding hydrogens is 456 g/mol. The number of methoxy groups -OCH3 is 2. The SMILES string of the molecule is COc1ccc(/C=C/C(=O)O)c(CCC(C)C)c1.COc1ccc(C=CC(=O)OCCC(C)C)cc1. The van der Waals surface area contributed by atoms with Crippen molar-refractivity contribution in [2.45, 2.75) is 47.0 Å². The van der Waals surface area contributed by atoms with Crippen LogP contribution in [0.4, 0.5) is 0 Å². The van der Waals surface area contributed by atoms with Gasteiger partial charge in [-0.25, -0.2) is 9.59 Å². The van der Waals surface area contributed by atoms with Crippen LogP contribution in [0.25, 0.3) is 12.2 Å². The fourth-order valence-corrected chi connectivity index (χ4v) is 3.02. The molecule has 0 radical (unpaired) electrons. The van der Waals surface area contributed by atoms with E-state index in [2.05, 4.69) is 27.7 Å². The number of aliphatic carboxylic acids is 1. The summed E-state index contributed by atoms with van der Waals surface area (Å²) in [5.41, 5.74) is 3.01. The van der Waals surface area contributed by atoms with Gasteiger partial charge < -0.3 is 19.3 Å². The van der Waals surface area contributed by atoms with Crippen molar-refractivity contribution in [1.29, 1.82) is 0 Å². The molecule has 0 aliphatic heterocycles. The van der Waals surface area contributed by atoms with Gasteiger partial charge in [-0.3, -0.25) is 0 Å². The Hall–Kier alpha value is -3.54. The van der Waals surface area contributed by atoms with Gasteiger partial charge >= 0.3 is 11.9 Å². The van der Waals surface area contributed by atoms with Crippen molar-refractivity contribution in [2.24, 2.45) is 11.8 Å². The van der Waals surface area contributed by atoms with Gasteiger partial charge in [0.1, 0.15) is 11.5 Å². The van der Waals surface area contributed by atoms with Crippen LogP contribution in [0.5, 0.6) is 11.5 Å². The van der Waals surface area contributed by atoms with Crippen LogP contribution < -0.4 is 9.47 Å². The molecule has 0 saturated heterocycles. The lowest BCUT2D eigenvalue weighted by Gasteiger charge is -2.10. The Labute approximate surface area is 215 Å². The van der Waals surface area contributed by atoms with Crippen LogP contribution in [-0.4, -0.2) is 37.9 Å². The minimum absolute atomic E-state index is 0.300. The maximum Gasteiger partial charge on any atom is 0.330 e. The molecule has 0 heterocycles. The first-order valence-corrected chi connectivity index (χ1v) is 12.2. The largest absolute Gasteiger partial charge is 0.497 e. The van der Waals surface area contributed by atoms with Gasteiger partial charge in [0.2, 0.25) is 0 Å². The van der Waals surface area contributed by atoms with Crippen LogP contribution in [0.2, 0.25) is 0 Å². The molecule has 0 unspecified atom stereocenters. The third-order valence-corrected chi connectivity index (χ3v) is 5.21. The van der Waals surface area contributed by atoms with E-state index >= 15 is 0 Å². The highest BCUT2D eigenvalue weighted by Gasteiger charge is 2.05. The Morgan fingerprint density at radius 3 is 2.00 bits per heavy atom. The van der Waals surface area contributed by atoms with Crippen molar-refractivity contribution < 1.29 is 28.9 Å². The Kier molecular flexibility index (Phi) is 14.4. The number of hydrogen-bond donors (Lipinski definition) is 1. The highest BCUT2D eigenvalue weighted by atomic mass is 16.5. The van der Waals surface area contributed by atoms with E-state index < -0.39 is 5.97 Å². The molecule has 2 aromatic rings. The average Bonchev–Trinajstić information content (AvgIpc) is 2.85. The molecule has 0 atom stereocenters. The Morgan fingerprint density at radius 2 is 1.44 bits per heavy atom. The van der Waals surface area contributed by atoms with Gasteiger partial charge in [-0.15, -0.1) is 0 Å². The average molecular weight is 497 g/mol. The van der Waals surface area contributed by atoms with E-state index in [1.54, 1.807) is 26.4 Å². The first kappa shape index (κ1) is 30.5. The summed E-state index contributed by atoms with van der Waals surface area (Å²) in [5, 5.41) is 8.67. The number of esters is 1. The van der Waals surface area contributed by atoms with Gasteiger partial charge in [0.15, 0.2) is 0 Å². The van der Waals surface area contributed by atoms with Gasteiger partial charge in [-0.05, 0) is 84.2 Å². The van der Waals surface area contributed by atoms with Gasteiger partial charge in [-0.2, -0.15) is 0 Å². The van der Waals surface area contributed by atoms with E-state index in [4.69, 9.17) is 19.3 Å². The second kappa shape index (κ2) is 17.0. The number of carbonyl (C=O) groups excluding carboxylic acids is 1. The Balaban J connectivity index is 0.000000360. The van der Waals surface area contributed by atoms with Gasteiger partial charge in [0, 0.05) is 12.2 Å². The maximum atomic E-state index is 11.4. The van der Waals surface area contributed by atoms with Gasteiger partial charge in [0.25, 0.3) is 0 Å². The topological polar surface area (TPSA) is 82.1 Å². The lowest BCUT2D eigenvalue weighted by atomic mass is 9.98. The molecule has 6 heteroatoms. The van der Waals surface area contributed by atoms with Gasteiger partial charge in [0.05, 0.1) is 20.8 Å². The fourth-order valence-electron chi connectivity index (χ4n) is 3.02. The normalized spacial score (nSPS) is 11.0. The molecule has 0 bridgehead atoms. The number of benzene rings is 2. The number of carboxylic acid groups (broad SMARTS) is 1. The molecule has 0 aliphatic carbocycles. The summed E-state index contributed by atoms with van der Waals surface area (Å²) in [6.07, 6.45) is 8.87. The summed E-state index contributed by atoms with van der Waals surface area (Å²) < 4.78 is 15.3. The summed E-state index contributed by atoms with van der Waals surface area (Å²) in [6, 6.07) is 13.2. The van der Waals surface area contributed by atoms with E-state index in [1.807, 2.05) is 42.5 Å². The fraction of sp³-hybridized carbons (Fsp3) is 0.400. The summed E-state index contributed by atoms with van der Waals surface area (Å²) in [4.78, 5) is 21.9. The maximum absolute atomic E-state index is 11.4. The molecule has 0 aliphatic rings. The van der Waals surface area contributed by atoms with Crippen molar-refractivity contribution in [1.82, 2.24) is 0 Å². The molecule has 0 aromatic heterocycles. The molecule has 2 aromatic carbocycles. The van der Waals surface area contributed by atoms with E-state index in [0.29, 0.717) is 18.4 Å². The molecule has 0 fully saturated rings. The molecule has 6 nitrogen and oxygen atoms in total. The van der Waals surface area contributed by atoms with E-state index in [-0.39, 0.29) is 5.97 Å². The summed E-state index contributed by atoms with van der Waals surface area (Å²) in [5.74, 6) is 1.54. The minimum atomic E-state index is -0.930. The number of hydrogen-bond acceptors (Lipinski definition) is 5. The highest BCUT2D eigenvalue weighted by molar-refractivity contribution is 5.87. The monoisotopic (exact) mass is 496 g/mol. The standard InChI is InChI=1S/2C15H20O3/c1-12(2)10-11-18-15(16)9-6-13-4-7-14(17-3)8-5-13;1-11(2)4-5-13-10-14(18-3)8-6-12(13)7-9-15(16)17/h4-9,12H,10-11H2,1-3H3;6-11H,4-5H2,1-3H3,(H,16,17)/b;9-7+. The van der Waals surface area contributed by atoms with Gasteiger partial charge in [-0.1, -0.05) is 45.9 Å². The number of carbonyl (C=O) groups is 2. The predicted molar refractivity (Wildman–Crippen MR) is 145 cm³/mol. The third kappa shape index (κ3) is 13.4.